The van der Waals surface area contributed by atoms with Crippen molar-refractivity contribution >= 4 is 29.0 Å². The lowest BCUT2D eigenvalue weighted by atomic mass is 10.1. The van der Waals surface area contributed by atoms with Gasteiger partial charge in [0.15, 0.2) is 5.11 Å². The fraction of sp³-hybridized carbons (Fsp3) is 0.250. The summed E-state index contributed by atoms with van der Waals surface area (Å²) in [6.45, 7) is 0. The molecule has 0 aliphatic heterocycles. The number of hydrazone groups is 1. The first-order valence-electron chi connectivity index (χ1n) is 5.37. The molecular weight excluding hydrogens is 250 g/mol. The van der Waals surface area contributed by atoms with Crippen LogP contribution in [0.25, 0.3) is 0 Å². The van der Waals surface area contributed by atoms with Crippen molar-refractivity contribution in [2.45, 2.75) is 12.8 Å². The number of hydrogen-bond donors (Lipinski definition) is 2. The molecule has 0 atom stereocenters. The van der Waals surface area contributed by atoms with Crippen LogP contribution in [-0.2, 0) is 9.53 Å². The molecule has 0 radical (unpaired) electrons. The van der Waals surface area contributed by atoms with Crippen LogP contribution in [0.15, 0.2) is 35.4 Å². The highest BCUT2D eigenvalue weighted by atomic mass is 32.1. The molecule has 0 saturated heterocycles. The highest BCUT2D eigenvalue weighted by Crippen LogP contribution is 2.07. The van der Waals surface area contributed by atoms with Crippen LogP contribution in [0.4, 0.5) is 0 Å². The summed E-state index contributed by atoms with van der Waals surface area (Å²) in [5.41, 5.74) is 9.46. The number of carbonyl (C=O) groups excluding carboxylic acids is 1. The van der Waals surface area contributed by atoms with Crippen molar-refractivity contribution in [2.75, 3.05) is 7.11 Å². The van der Waals surface area contributed by atoms with Gasteiger partial charge in [-0.2, -0.15) is 5.10 Å². The van der Waals surface area contributed by atoms with E-state index in [-0.39, 0.29) is 17.5 Å². The Balaban J connectivity index is 2.79. The number of rotatable bonds is 5. The standard InChI is InChI=1S/C12H15N3O2S/c1-17-11(16)8-7-10(14-15-12(13)18)9-5-3-2-4-6-9/h2-6H,7-8H2,1H3,(H3,13,15,18)/b14-10+. The Hall–Kier alpha value is -1.95. The Morgan fingerprint density at radius 3 is 2.61 bits per heavy atom. The summed E-state index contributed by atoms with van der Waals surface area (Å²) >= 11 is 4.69. The van der Waals surface area contributed by atoms with Crippen LogP contribution in [0.3, 0.4) is 0 Å². The number of esters is 1. The van der Waals surface area contributed by atoms with Crippen molar-refractivity contribution in [3.8, 4) is 0 Å². The topological polar surface area (TPSA) is 76.7 Å². The summed E-state index contributed by atoms with van der Waals surface area (Å²) in [5, 5.41) is 4.18. The van der Waals surface area contributed by atoms with Crippen LogP contribution in [0.2, 0.25) is 0 Å². The Kier molecular flexibility index (Phi) is 5.79. The van der Waals surface area contributed by atoms with E-state index in [2.05, 4.69) is 15.3 Å². The molecule has 0 amide bonds. The van der Waals surface area contributed by atoms with E-state index >= 15 is 0 Å². The molecule has 0 aliphatic rings. The average molecular weight is 265 g/mol. The van der Waals surface area contributed by atoms with E-state index in [0.29, 0.717) is 12.1 Å². The first kappa shape index (κ1) is 14.1. The lowest BCUT2D eigenvalue weighted by Crippen LogP contribution is -2.26. The summed E-state index contributed by atoms with van der Waals surface area (Å²) in [4.78, 5) is 11.1. The van der Waals surface area contributed by atoms with Gasteiger partial charge < -0.3 is 10.5 Å². The van der Waals surface area contributed by atoms with Crippen LogP contribution >= 0.6 is 12.2 Å². The number of methoxy groups -OCH3 is 1. The lowest BCUT2D eigenvalue weighted by molar-refractivity contribution is -0.140. The molecule has 96 valence electrons. The Morgan fingerprint density at radius 1 is 1.39 bits per heavy atom. The Bertz CT molecular complexity index is 446. The molecule has 0 saturated carbocycles. The van der Waals surface area contributed by atoms with Crippen molar-refractivity contribution in [1.82, 2.24) is 5.43 Å². The second kappa shape index (κ2) is 7.39. The molecule has 1 rings (SSSR count). The SMILES string of the molecule is COC(=O)CC/C(=N\NC(N)=S)c1ccccc1. The highest BCUT2D eigenvalue weighted by Gasteiger charge is 2.07. The average Bonchev–Trinajstić information content (AvgIpc) is 2.39. The van der Waals surface area contributed by atoms with E-state index in [1.165, 1.54) is 7.11 Å². The first-order chi connectivity index (χ1) is 8.63. The molecule has 0 bridgehead atoms. The summed E-state index contributed by atoms with van der Waals surface area (Å²) in [5.74, 6) is -0.283. The second-order valence-corrected chi connectivity index (χ2v) is 3.92. The van der Waals surface area contributed by atoms with Crippen molar-refractivity contribution in [1.29, 1.82) is 0 Å². The van der Waals surface area contributed by atoms with E-state index in [0.717, 1.165) is 5.56 Å². The number of nitrogens with zero attached hydrogens (tertiary/aromatic N) is 1. The van der Waals surface area contributed by atoms with Crippen LogP contribution in [-0.4, -0.2) is 23.9 Å². The number of carbonyl (C=O) groups is 1. The zero-order chi connectivity index (χ0) is 13.4. The minimum atomic E-state index is -0.283. The maximum atomic E-state index is 11.1. The van der Waals surface area contributed by atoms with Gasteiger partial charge in [0, 0.05) is 6.42 Å². The number of nitrogens with two attached hydrogens (primary N) is 1. The normalized spacial score (nSPS) is 10.8. The van der Waals surface area contributed by atoms with Gasteiger partial charge in [0.25, 0.3) is 0 Å². The summed E-state index contributed by atoms with van der Waals surface area (Å²) < 4.78 is 4.60. The minimum Gasteiger partial charge on any atom is -0.469 e. The first-order valence-corrected chi connectivity index (χ1v) is 5.78. The Morgan fingerprint density at radius 2 is 2.06 bits per heavy atom. The molecule has 1 aromatic carbocycles. The molecule has 0 aliphatic carbocycles. The molecular formula is C12H15N3O2S. The van der Waals surface area contributed by atoms with Crippen molar-refractivity contribution in [3.63, 3.8) is 0 Å². The zero-order valence-corrected chi connectivity index (χ0v) is 10.9. The molecule has 0 heterocycles. The van der Waals surface area contributed by atoms with Gasteiger partial charge in [0.1, 0.15) is 0 Å². The third-order valence-corrected chi connectivity index (χ3v) is 2.29. The zero-order valence-electron chi connectivity index (χ0n) is 10.1. The quantitative estimate of drug-likeness (QED) is 0.362. The molecule has 0 fully saturated rings. The minimum absolute atomic E-state index is 0.0847. The monoisotopic (exact) mass is 265 g/mol. The number of thiocarbonyl (C=S) groups is 1. The molecule has 5 nitrogen and oxygen atoms in total. The molecule has 1 aromatic rings. The molecule has 3 N–H and O–H groups in total. The molecule has 18 heavy (non-hydrogen) atoms. The molecule has 6 heteroatoms. The van der Waals surface area contributed by atoms with Crippen molar-refractivity contribution in [2.24, 2.45) is 10.8 Å². The molecule has 0 spiro atoms. The summed E-state index contributed by atoms with van der Waals surface area (Å²) in [6, 6.07) is 9.49. The number of ether oxygens (including phenoxy) is 1. The summed E-state index contributed by atoms with van der Waals surface area (Å²) in [7, 11) is 1.36. The van der Waals surface area contributed by atoms with E-state index in [1.807, 2.05) is 30.3 Å². The molecule has 0 aromatic heterocycles. The van der Waals surface area contributed by atoms with Crippen LogP contribution in [0.1, 0.15) is 18.4 Å². The fourth-order valence-corrected chi connectivity index (χ4v) is 1.39. The third-order valence-electron chi connectivity index (χ3n) is 2.20. The van der Waals surface area contributed by atoms with Crippen LogP contribution in [0, 0.1) is 0 Å². The highest BCUT2D eigenvalue weighted by molar-refractivity contribution is 7.80. The predicted octanol–water partition coefficient (Wildman–Crippen LogP) is 1.18. The maximum Gasteiger partial charge on any atom is 0.305 e. The van der Waals surface area contributed by atoms with Gasteiger partial charge in [0.2, 0.25) is 0 Å². The number of benzene rings is 1. The Labute approximate surface area is 111 Å². The van der Waals surface area contributed by atoms with Gasteiger partial charge in [-0.25, -0.2) is 0 Å². The largest absolute Gasteiger partial charge is 0.469 e. The van der Waals surface area contributed by atoms with E-state index in [4.69, 9.17) is 18.0 Å². The smallest absolute Gasteiger partial charge is 0.305 e. The van der Waals surface area contributed by atoms with Gasteiger partial charge in [-0.1, -0.05) is 30.3 Å². The van der Waals surface area contributed by atoms with Crippen LogP contribution < -0.4 is 11.2 Å². The fourth-order valence-electron chi connectivity index (χ4n) is 1.34. The van der Waals surface area contributed by atoms with Gasteiger partial charge in [-0.3, -0.25) is 10.2 Å². The van der Waals surface area contributed by atoms with E-state index in [1.54, 1.807) is 0 Å². The maximum absolute atomic E-state index is 11.1. The third kappa shape index (κ3) is 4.92. The van der Waals surface area contributed by atoms with Gasteiger partial charge in [-0.15, -0.1) is 0 Å². The van der Waals surface area contributed by atoms with Gasteiger partial charge in [0.05, 0.1) is 19.2 Å². The van der Waals surface area contributed by atoms with Gasteiger partial charge >= 0.3 is 5.97 Å². The second-order valence-electron chi connectivity index (χ2n) is 3.48. The van der Waals surface area contributed by atoms with Crippen molar-refractivity contribution < 1.29 is 9.53 Å². The van der Waals surface area contributed by atoms with Gasteiger partial charge in [-0.05, 0) is 17.8 Å². The van der Waals surface area contributed by atoms with E-state index < -0.39 is 0 Å². The number of nitrogens with one attached hydrogen (secondary N) is 1. The van der Waals surface area contributed by atoms with E-state index in [9.17, 15) is 4.79 Å². The predicted molar refractivity (Wildman–Crippen MR) is 74.2 cm³/mol. The number of hydrogen-bond acceptors (Lipinski definition) is 4. The van der Waals surface area contributed by atoms with Crippen LogP contribution in [0.5, 0.6) is 0 Å². The summed E-state index contributed by atoms with van der Waals surface area (Å²) in [6.07, 6.45) is 0.704. The lowest BCUT2D eigenvalue weighted by Gasteiger charge is -2.06. The molecule has 0 unspecified atom stereocenters. The van der Waals surface area contributed by atoms with Crippen molar-refractivity contribution in [3.05, 3.63) is 35.9 Å².